The number of carbonyl (C=O) groups excluding carboxylic acids is 2. The molecule has 0 saturated carbocycles. The summed E-state index contributed by atoms with van der Waals surface area (Å²) in [5.74, 6) is 0.834. The summed E-state index contributed by atoms with van der Waals surface area (Å²) in [6.45, 7) is 16.1. The summed E-state index contributed by atoms with van der Waals surface area (Å²) in [6.07, 6.45) is 15.0. The molecular weight excluding hydrogens is 1340 g/mol. The van der Waals surface area contributed by atoms with Gasteiger partial charge in [0.2, 0.25) is 0 Å². The molecule has 2 N–H and O–H groups in total. The number of rotatable bonds is 11. The van der Waals surface area contributed by atoms with Gasteiger partial charge in [0.15, 0.2) is 29.4 Å². The highest BCUT2D eigenvalue weighted by atomic mass is 127. The molecule has 8 aromatic heterocycles. The van der Waals surface area contributed by atoms with Crippen LogP contribution >= 0.6 is 34.2 Å². The van der Waals surface area contributed by atoms with Crippen molar-refractivity contribution in [2.45, 2.75) is 89.9 Å². The molecule has 2 aliphatic rings. The Balaban J connectivity index is 0.000000169. The number of aromatic nitrogens is 12. The molecule has 2 saturated heterocycles. The highest BCUT2D eigenvalue weighted by molar-refractivity contribution is 14.1. The van der Waals surface area contributed by atoms with Crippen molar-refractivity contribution in [2.75, 3.05) is 50.9 Å². The Kier molecular flexibility index (Phi) is 20.3. The Morgan fingerprint density at radius 1 is 0.543 bits per heavy atom. The van der Waals surface area contributed by atoms with Gasteiger partial charge in [-0.25, -0.2) is 38.1 Å². The summed E-state index contributed by atoms with van der Waals surface area (Å²) in [6, 6.07) is 20.3. The Hall–Kier alpha value is -9.18. The number of pyridine rings is 4. The predicted molar refractivity (Wildman–Crippen MR) is 368 cm³/mol. The van der Waals surface area contributed by atoms with Crippen LogP contribution in [0.25, 0.3) is 44.4 Å². The van der Waals surface area contributed by atoms with E-state index in [1.54, 1.807) is 31.3 Å². The number of benzene rings is 2. The molecule has 0 unspecified atom stereocenters. The summed E-state index contributed by atoms with van der Waals surface area (Å²) in [5, 5.41) is 23.5. The van der Waals surface area contributed by atoms with Crippen molar-refractivity contribution < 1.29 is 18.4 Å². The lowest BCUT2D eigenvalue weighted by atomic mass is 9.86. The number of nitrogens with one attached hydrogen (secondary N) is 2. The van der Waals surface area contributed by atoms with Crippen molar-refractivity contribution in [2.24, 2.45) is 14.1 Å². The summed E-state index contributed by atoms with van der Waals surface area (Å²) >= 11 is 7.87. The minimum absolute atomic E-state index is 0.000809. The van der Waals surface area contributed by atoms with E-state index in [0.29, 0.717) is 61.6 Å². The minimum Gasteiger partial charge on any atom is -0.336 e. The molecule has 26 heteroatoms. The number of anilines is 4. The number of halogens is 4. The fourth-order valence-electron chi connectivity index (χ4n) is 11.2. The molecule has 2 fully saturated rings. The van der Waals surface area contributed by atoms with Gasteiger partial charge in [-0.2, -0.15) is 29.8 Å². The predicted octanol–water partition coefficient (Wildman–Crippen LogP) is 10.8. The lowest BCUT2D eigenvalue weighted by Crippen LogP contribution is -2.29. The lowest BCUT2D eigenvalue weighted by Gasteiger charge is -2.29. The second-order valence-electron chi connectivity index (χ2n) is 25.5. The van der Waals surface area contributed by atoms with Crippen LogP contribution in [0.2, 0.25) is 5.15 Å². The molecule has 0 amide bonds. The molecule has 0 radical (unpaired) electrons. The number of likely N-dealkylation sites (tertiary alicyclic amines) is 2. The van der Waals surface area contributed by atoms with Crippen LogP contribution in [-0.4, -0.2) is 122 Å². The first-order valence-electron chi connectivity index (χ1n) is 30.4. The molecular formula is C68H70ClF2IN16O6. The van der Waals surface area contributed by atoms with Crippen LogP contribution in [0, 0.1) is 15.2 Å². The van der Waals surface area contributed by atoms with Crippen molar-refractivity contribution in [3.8, 4) is 22.9 Å². The van der Waals surface area contributed by atoms with E-state index < -0.39 is 28.3 Å². The van der Waals surface area contributed by atoms with Crippen molar-refractivity contribution >= 4 is 91.3 Å². The first-order valence-corrected chi connectivity index (χ1v) is 31.8. The number of aldehydes is 2. The molecule has 2 aromatic carbocycles. The van der Waals surface area contributed by atoms with Gasteiger partial charge in [-0.1, -0.05) is 65.3 Å². The molecule has 10 heterocycles. The maximum Gasteiger partial charge on any atom is 0.290 e. The van der Waals surface area contributed by atoms with Gasteiger partial charge in [-0.3, -0.25) is 28.8 Å². The standard InChI is InChI=1S/C34H35FN8O3.C18H15FIN3O2.C16H20ClN5O/c1-34(2,3)23-14-22-18-38-43(33(46)30(22)26(35)15-23)31-25(19-44)24(8-11-36-31)27-16-28(32(45)42(5)40-27)39-29-7-6-21(17-37-29)20-9-12-41(4)13-10-20;1-18(2,3)11-6-10-8-22-23(17(25)15(10)13(19)7-11)16-12(9-24)14(20)4-5-21-16;1-21-7-5-11(6-8-21)12-3-4-15(18-10-12)19-13-9-14(17)20-22(2)16(13)23/h6-8,11,14-20H,9-10,12-13H2,1-5H3,(H,37,39);4-9H,1-3H3;3-4,9-11H,5-8H2,1-2H3,(H,18,19). The largest absolute Gasteiger partial charge is 0.336 e. The number of fused-ring (bicyclic) bond motifs is 2. The van der Waals surface area contributed by atoms with Gasteiger partial charge in [-0.05, 0) is 188 Å². The summed E-state index contributed by atoms with van der Waals surface area (Å²) < 4.78 is 34.8. The fraction of sp³-hybridized carbons (Fsp3) is 0.324. The van der Waals surface area contributed by atoms with E-state index in [1.165, 1.54) is 66.3 Å². The monoisotopic (exact) mass is 1410 g/mol. The fourth-order valence-corrected chi connectivity index (χ4v) is 12.0. The van der Waals surface area contributed by atoms with E-state index >= 15 is 4.39 Å². The summed E-state index contributed by atoms with van der Waals surface area (Å²) in [5.41, 5.74) is 2.65. The van der Waals surface area contributed by atoms with Crippen LogP contribution in [0.4, 0.5) is 31.8 Å². The molecule has 0 spiro atoms. The summed E-state index contributed by atoms with van der Waals surface area (Å²) in [4.78, 5) is 97.3. The van der Waals surface area contributed by atoms with E-state index in [0.717, 1.165) is 82.6 Å². The molecule has 0 aliphatic carbocycles. The third-order valence-corrected chi connectivity index (χ3v) is 17.9. The van der Waals surface area contributed by atoms with Gasteiger partial charge in [0.05, 0.1) is 40.0 Å². The van der Waals surface area contributed by atoms with Gasteiger partial charge in [0.1, 0.15) is 34.6 Å². The number of piperidine rings is 2. The van der Waals surface area contributed by atoms with Crippen molar-refractivity contribution in [1.82, 2.24) is 68.9 Å². The number of aryl methyl sites for hydroxylation is 2. The van der Waals surface area contributed by atoms with E-state index in [2.05, 4.69) is 80.9 Å². The third-order valence-electron chi connectivity index (χ3n) is 16.8. The van der Waals surface area contributed by atoms with E-state index in [4.69, 9.17) is 11.6 Å². The van der Waals surface area contributed by atoms with Gasteiger partial charge in [0.25, 0.3) is 22.2 Å². The lowest BCUT2D eigenvalue weighted by molar-refractivity contribution is 0.111. The Morgan fingerprint density at radius 2 is 0.979 bits per heavy atom. The Labute approximate surface area is 558 Å². The SMILES string of the molecule is CC(C)(C)c1cc(F)c2c(=O)n(-c3nccc(I)c3C=O)ncc2c1.CN1CCC(c2ccc(Nc3cc(-c4ccnc(-n5ncc6cc(C(C)(C)C)cc(F)c6c5=O)c4C=O)nn(C)c3=O)nc2)CC1.CN1CCC(c2ccc(Nc3cc(Cl)nn(C)c3=O)nc2)CC1. The van der Waals surface area contributed by atoms with Crippen LogP contribution < -0.4 is 32.9 Å². The minimum atomic E-state index is -0.756. The number of carbonyl (C=O) groups is 2. The second kappa shape index (κ2) is 28.2. The summed E-state index contributed by atoms with van der Waals surface area (Å²) in [7, 11) is 7.34. The van der Waals surface area contributed by atoms with E-state index in [1.807, 2.05) is 94.7 Å². The zero-order valence-corrected chi connectivity index (χ0v) is 56.5. The van der Waals surface area contributed by atoms with Gasteiger partial charge in [-0.15, -0.1) is 0 Å². The zero-order valence-electron chi connectivity index (χ0n) is 53.6. The van der Waals surface area contributed by atoms with E-state index in [-0.39, 0.29) is 66.5 Å². The maximum atomic E-state index is 15.3. The van der Waals surface area contributed by atoms with Crippen molar-refractivity contribution in [1.29, 1.82) is 0 Å². The second-order valence-corrected chi connectivity index (χ2v) is 27.0. The molecule has 94 heavy (non-hydrogen) atoms. The van der Waals surface area contributed by atoms with Gasteiger partial charge < -0.3 is 20.4 Å². The number of hydrogen-bond donors (Lipinski definition) is 2. The molecule has 2 aliphatic heterocycles. The van der Waals surface area contributed by atoms with Crippen LogP contribution in [-0.2, 0) is 24.9 Å². The Bertz CT molecular complexity index is 4770. The quantitative estimate of drug-likeness (QED) is 0.0901. The highest BCUT2D eigenvalue weighted by Gasteiger charge is 2.26. The molecule has 486 valence electrons. The smallest absolute Gasteiger partial charge is 0.290 e. The third kappa shape index (κ3) is 14.9. The molecule has 10 aromatic rings. The normalized spacial score (nSPS) is 14.2. The molecule has 0 bridgehead atoms. The number of hydrogen-bond acceptors (Lipinski definition) is 18. The number of nitrogens with zero attached hydrogens (tertiary/aromatic N) is 14. The van der Waals surface area contributed by atoms with E-state index in [9.17, 15) is 33.2 Å². The highest BCUT2D eigenvalue weighted by Crippen LogP contribution is 2.33. The van der Waals surface area contributed by atoms with Crippen LogP contribution in [0.5, 0.6) is 0 Å². The average Bonchev–Trinajstić information content (AvgIpc) is 0.769. The zero-order chi connectivity index (χ0) is 67.5. The average molecular weight is 1410 g/mol. The van der Waals surface area contributed by atoms with Crippen LogP contribution in [0.1, 0.15) is 122 Å². The topological polar surface area (TPSA) is 256 Å². The van der Waals surface area contributed by atoms with Crippen LogP contribution in [0.3, 0.4) is 0 Å². The first kappa shape index (κ1) is 67.7. The van der Waals surface area contributed by atoms with Crippen molar-refractivity contribution in [3.63, 3.8) is 0 Å². The van der Waals surface area contributed by atoms with Crippen LogP contribution in [0.15, 0.2) is 129 Å². The van der Waals surface area contributed by atoms with Gasteiger partial charge >= 0.3 is 0 Å². The van der Waals surface area contributed by atoms with Crippen molar-refractivity contribution in [3.05, 3.63) is 205 Å². The molecule has 0 atom stereocenters. The van der Waals surface area contributed by atoms with Gasteiger partial charge in [0, 0.05) is 64.9 Å². The maximum absolute atomic E-state index is 15.3. The molecule has 22 nitrogen and oxygen atoms in total. The Morgan fingerprint density at radius 3 is 1.41 bits per heavy atom. The molecule has 12 rings (SSSR count). The first-order chi connectivity index (χ1) is 44.7.